The second-order valence-corrected chi connectivity index (χ2v) is 7.46. The molecule has 0 saturated carbocycles. The summed E-state index contributed by atoms with van der Waals surface area (Å²) in [6.07, 6.45) is -2.59. The minimum Gasteiger partial charge on any atom is -0.324 e. The lowest BCUT2D eigenvalue weighted by molar-refractivity contribution is -0.143. The van der Waals surface area contributed by atoms with Crippen LogP contribution in [-0.4, -0.2) is 34.4 Å². The lowest BCUT2D eigenvalue weighted by Crippen LogP contribution is -2.48. The number of benzene rings is 1. The molecule has 0 radical (unpaired) electrons. The van der Waals surface area contributed by atoms with Crippen LogP contribution in [0.5, 0.6) is 0 Å². The zero-order valence-corrected chi connectivity index (χ0v) is 14.1. The first-order chi connectivity index (χ1) is 10.7. The quantitative estimate of drug-likeness (QED) is 0.914. The topological polar surface area (TPSA) is 49.4 Å². The summed E-state index contributed by atoms with van der Waals surface area (Å²) in [7, 11) is 0. The standard InChI is InChI=1S/C16H20F2N2O2S/c1-16(2,3)15(22)20-9-23-8-12(20)14(21)19-11-6-4-5-10(7-11)13(17)18/h4-7,12-13H,8-9H2,1-3H3,(H,19,21)/t12-/m1/s1. The molecule has 0 unspecified atom stereocenters. The van der Waals surface area contributed by atoms with Crippen molar-refractivity contribution >= 4 is 29.3 Å². The largest absolute Gasteiger partial charge is 0.324 e. The van der Waals surface area contributed by atoms with Gasteiger partial charge in [0, 0.05) is 22.4 Å². The van der Waals surface area contributed by atoms with Crippen LogP contribution in [0.4, 0.5) is 14.5 Å². The van der Waals surface area contributed by atoms with Gasteiger partial charge in [0.1, 0.15) is 6.04 Å². The van der Waals surface area contributed by atoms with E-state index in [1.807, 2.05) is 0 Å². The summed E-state index contributed by atoms with van der Waals surface area (Å²) in [5.41, 5.74) is -0.405. The smallest absolute Gasteiger partial charge is 0.263 e. The van der Waals surface area contributed by atoms with E-state index < -0.39 is 17.9 Å². The Morgan fingerprint density at radius 3 is 2.65 bits per heavy atom. The Morgan fingerprint density at radius 2 is 2.04 bits per heavy atom. The molecule has 1 aromatic rings. The molecule has 4 nitrogen and oxygen atoms in total. The molecule has 2 amide bonds. The Labute approximate surface area is 138 Å². The van der Waals surface area contributed by atoms with Crippen LogP contribution in [0.15, 0.2) is 24.3 Å². The van der Waals surface area contributed by atoms with E-state index in [2.05, 4.69) is 5.32 Å². The predicted octanol–water partition coefficient (Wildman–Crippen LogP) is 3.51. The maximum Gasteiger partial charge on any atom is 0.263 e. The van der Waals surface area contributed by atoms with Gasteiger partial charge in [-0.3, -0.25) is 9.59 Å². The Kier molecular flexibility index (Phi) is 5.29. The van der Waals surface area contributed by atoms with Crippen LogP contribution in [0.1, 0.15) is 32.8 Å². The van der Waals surface area contributed by atoms with Crippen molar-refractivity contribution < 1.29 is 18.4 Å². The van der Waals surface area contributed by atoms with Crippen LogP contribution < -0.4 is 5.32 Å². The Balaban J connectivity index is 2.11. The summed E-state index contributed by atoms with van der Waals surface area (Å²) < 4.78 is 25.4. The second kappa shape index (κ2) is 6.86. The molecular formula is C16H20F2N2O2S. The van der Waals surface area contributed by atoms with Crippen LogP contribution in [0.3, 0.4) is 0 Å². The van der Waals surface area contributed by atoms with Gasteiger partial charge in [0.25, 0.3) is 6.43 Å². The van der Waals surface area contributed by atoms with Crippen LogP contribution in [0, 0.1) is 5.41 Å². The van der Waals surface area contributed by atoms with Gasteiger partial charge in [0.2, 0.25) is 11.8 Å². The lowest BCUT2D eigenvalue weighted by atomic mass is 9.94. The fourth-order valence-corrected chi connectivity index (χ4v) is 3.42. The minimum absolute atomic E-state index is 0.0935. The average molecular weight is 342 g/mol. The number of amides is 2. The number of rotatable bonds is 3. The Bertz CT molecular complexity index is 602. The molecule has 1 fully saturated rings. The molecule has 1 saturated heterocycles. The Hall–Kier alpha value is -1.63. The molecule has 126 valence electrons. The van der Waals surface area contributed by atoms with E-state index in [0.29, 0.717) is 17.3 Å². The number of anilines is 1. The van der Waals surface area contributed by atoms with Crippen LogP contribution in [0.2, 0.25) is 0 Å². The summed E-state index contributed by atoms with van der Waals surface area (Å²) in [6.45, 7) is 5.41. The third kappa shape index (κ3) is 4.22. The van der Waals surface area contributed by atoms with Crippen LogP contribution in [0.25, 0.3) is 0 Å². The first-order valence-electron chi connectivity index (χ1n) is 7.28. The predicted molar refractivity (Wildman–Crippen MR) is 87.4 cm³/mol. The van der Waals surface area contributed by atoms with Gasteiger partial charge in [0.15, 0.2) is 0 Å². The first-order valence-corrected chi connectivity index (χ1v) is 8.43. The number of carbonyl (C=O) groups is 2. The Morgan fingerprint density at radius 1 is 1.35 bits per heavy atom. The molecule has 23 heavy (non-hydrogen) atoms. The summed E-state index contributed by atoms with van der Waals surface area (Å²) in [5, 5.41) is 2.64. The minimum atomic E-state index is -2.59. The molecule has 0 aromatic heterocycles. The molecule has 0 bridgehead atoms. The number of thioether (sulfide) groups is 1. The highest BCUT2D eigenvalue weighted by molar-refractivity contribution is 7.99. The molecule has 0 aliphatic carbocycles. The van der Waals surface area contributed by atoms with Gasteiger partial charge < -0.3 is 10.2 Å². The first kappa shape index (κ1) is 17.7. The van der Waals surface area contributed by atoms with Crippen molar-refractivity contribution in [2.45, 2.75) is 33.2 Å². The van der Waals surface area contributed by atoms with Gasteiger partial charge in [-0.05, 0) is 12.1 Å². The molecular weight excluding hydrogens is 322 g/mol. The molecule has 1 atom stereocenters. The van der Waals surface area contributed by atoms with E-state index in [1.54, 1.807) is 31.7 Å². The molecule has 1 aromatic carbocycles. The number of halogens is 2. The number of nitrogens with zero attached hydrogens (tertiary/aromatic N) is 1. The number of nitrogens with one attached hydrogen (secondary N) is 1. The van der Waals surface area contributed by atoms with Crippen molar-refractivity contribution in [1.29, 1.82) is 0 Å². The molecule has 2 rings (SSSR count). The van der Waals surface area contributed by atoms with Crippen molar-refractivity contribution in [3.8, 4) is 0 Å². The fraction of sp³-hybridized carbons (Fsp3) is 0.500. The zero-order chi connectivity index (χ0) is 17.2. The normalized spacial score (nSPS) is 18.3. The number of hydrogen-bond donors (Lipinski definition) is 1. The van der Waals surface area contributed by atoms with E-state index in [9.17, 15) is 18.4 Å². The summed E-state index contributed by atoms with van der Waals surface area (Å²) >= 11 is 1.51. The van der Waals surface area contributed by atoms with Crippen molar-refractivity contribution in [3.05, 3.63) is 29.8 Å². The average Bonchev–Trinajstić information content (AvgIpc) is 2.95. The molecule has 1 N–H and O–H groups in total. The van der Waals surface area contributed by atoms with E-state index in [-0.39, 0.29) is 17.4 Å². The van der Waals surface area contributed by atoms with Gasteiger partial charge in [-0.15, -0.1) is 11.8 Å². The van der Waals surface area contributed by atoms with Gasteiger partial charge in [-0.2, -0.15) is 0 Å². The van der Waals surface area contributed by atoms with E-state index in [4.69, 9.17) is 0 Å². The molecule has 7 heteroatoms. The summed E-state index contributed by atoms with van der Waals surface area (Å²) in [4.78, 5) is 26.4. The third-order valence-electron chi connectivity index (χ3n) is 3.49. The fourth-order valence-electron chi connectivity index (χ4n) is 2.27. The highest BCUT2D eigenvalue weighted by atomic mass is 32.2. The summed E-state index contributed by atoms with van der Waals surface area (Å²) in [6, 6.07) is 5.00. The molecule has 0 spiro atoms. The van der Waals surface area contributed by atoms with Gasteiger partial charge in [0.05, 0.1) is 5.88 Å². The monoisotopic (exact) mass is 342 g/mol. The second-order valence-electron chi connectivity index (χ2n) is 6.46. The van der Waals surface area contributed by atoms with Gasteiger partial charge in [-0.1, -0.05) is 32.9 Å². The zero-order valence-electron chi connectivity index (χ0n) is 13.3. The SMILES string of the molecule is CC(C)(C)C(=O)N1CSC[C@@H]1C(=O)Nc1cccc(C(F)F)c1. The van der Waals surface area contributed by atoms with E-state index in [0.717, 1.165) is 0 Å². The molecule has 1 heterocycles. The van der Waals surface area contributed by atoms with Gasteiger partial charge in [-0.25, -0.2) is 8.78 Å². The van der Waals surface area contributed by atoms with Crippen molar-refractivity contribution in [3.63, 3.8) is 0 Å². The molecule has 1 aliphatic rings. The van der Waals surface area contributed by atoms with Crippen molar-refractivity contribution in [1.82, 2.24) is 4.90 Å². The van der Waals surface area contributed by atoms with E-state index in [1.165, 1.54) is 30.0 Å². The number of hydrogen-bond acceptors (Lipinski definition) is 3. The maximum atomic E-state index is 12.7. The number of carbonyl (C=O) groups excluding carboxylic acids is 2. The van der Waals surface area contributed by atoms with Crippen molar-refractivity contribution in [2.24, 2.45) is 5.41 Å². The number of alkyl halides is 2. The van der Waals surface area contributed by atoms with Crippen LogP contribution in [-0.2, 0) is 9.59 Å². The van der Waals surface area contributed by atoms with Crippen LogP contribution >= 0.6 is 11.8 Å². The maximum absolute atomic E-state index is 12.7. The highest BCUT2D eigenvalue weighted by Gasteiger charge is 2.39. The van der Waals surface area contributed by atoms with Gasteiger partial charge >= 0.3 is 0 Å². The lowest BCUT2D eigenvalue weighted by Gasteiger charge is -2.29. The molecule has 1 aliphatic heterocycles. The van der Waals surface area contributed by atoms with Crippen molar-refractivity contribution in [2.75, 3.05) is 16.9 Å². The highest BCUT2D eigenvalue weighted by Crippen LogP contribution is 2.28. The summed E-state index contributed by atoms with van der Waals surface area (Å²) in [5.74, 6) is 0.524. The van der Waals surface area contributed by atoms with E-state index >= 15 is 0 Å². The third-order valence-corrected chi connectivity index (χ3v) is 4.51.